The van der Waals surface area contributed by atoms with Gasteiger partial charge in [0.1, 0.15) is 0 Å². The van der Waals surface area contributed by atoms with E-state index in [9.17, 15) is 0 Å². The van der Waals surface area contributed by atoms with Gasteiger partial charge in [-0.25, -0.2) is 0 Å². The molecule has 0 bridgehead atoms. The first-order chi connectivity index (χ1) is 9.72. The SMILES string of the molecule is CCSCCC(C)N1CC(c2ccccc2)NCC1C. The Morgan fingerprint density at radius 1 is 1.35 bits per heavy atom. The average Bonchev–Trinajstić information content (AvgIpc) is 2.49. The van der Waals surface area contributed by atoms with Crippen LogP contribution in [-0.4, -0.2) is 41.6 Å². The molecule has 112 valence electrons. The van der Waals surface area contributed by atoms with E-state index >= 15 is 0 Å². The van der Waals surface area contributed by atoms with Gasteiger partial charge in [-0.3, -0.25) is 4.90 Å². The molecule has 1 fully saturated rings. The summed E-state index contributed by atoms with van der Waals surface area (Å²) in [5, 5.41) is 3.69. The summed E-state index contributed by atoms with van der Waals surface area (Å²) in [7, 11) is 0. The maximum absolute atomic E-state index is 3.69. The molecule has 20 heavy (non-hydrogen) atoms. The van der Waals surface area contributed by atoms with Crippen LogP contribution in [0.4, 0.5) is 0 Å². The van der Waals surface area contributed by atoms with Crippen molar-refractivity contribution in [2.75, 3.05) is 24.6 Å². The lowest BCUT2D eigenvalue weighted by molar-refractivity contribution is 0.0972. The van der Waals surface area contributed by atoms with Crippen LogP contribution in [0, 0.1) is 0 Å². The summed E-state index contributed by atoms with van der Waals surface area (Å²) in [4.78, 5) is 2.68. The summed E-state index contributed by atoms with van der Waals surface area (Å²) in [6.45, 7) is 9.19. The Kier molecular flexibility index (Phi) is 6.40. The molecule has 2 rings (SSSR count). The molecule has 1 aromatic rings. The maximum atomic E-state index is 3.69. The van der Waals surface area contributed by atoms with Gasteiger partial charge in [0.05, 0.1) is 0 Å². The van der Waals surface area contributed by atoms with Gasteiger partial charge in [0.15, 0.2) is 0 Å². The van der Waals surface area contributed by atoms with Crippen molar-refractivity contribution in [3.63, 3.8) is 0 Å². The number of hydrogen-bond donors (Lipinski definition) is 1. The molecule has 2 nitrogen and oxygen atoms in total. The number of rotatable bonds is 6. The minimum absolute atomic E-state index is 0.480. The van der Waals surface area contributed by atoms with Crippen molar-refractivity contribution in [2.24, 2.45) is 0 Å². The lowest BCUT2D eigenvalue weighted by atomic mass is 10.0. The van der Waals surface area contributed by atoms with Gasteiger partial charge in [0, 0.05) is 31.2 Å². The van der Waals surface area contributed by atoms with Gasteiger partial charge in [-0.1, -0.05) is 37.3 Å². The number of nitrogens with one attached hydrogen (secondary N) is 1. The van der Waals surface area contributed by atoms with Crippen LogP contribution >= 0.6 is 11.8 Å². The molecule has 0 radical (unpaired) electrons. The Hall–Kier alpha value is -0.510. The third kappa shape index (κ3) is 4.24. The number of nitrogens with zero attached hydrogens (tertiary/aromatic N) is 1. The van der Waals surface area contributed by atoms with Gasteiger partial charge >= 0.3 is 0 Å². The van der Waals surface area contributed by atoms with Crippen LogP contribution in [0.25, 0.3) is 0 Å². The minimum atomic E-state index is 0.480. The van der Waals surface area contributed by atoms with Crippen molar-refractivity contribution in [3.05, 3.63) is 35.9 Å². The fraction of sp³-hybridized carbons (Fsp3) is 0.647. The first-order valence-electron chi connectivity index (χ1n) is 7.84. The average molecular weight is 292 g/mol. The van der Waals surface area contributed by atoms with Gasteiger partial charge in [-0.2, -0.15) is 11.8 Å². The molecular weight excluding hydrogens is 264 g/mol. The highest BCUT2D eigenvalue weighted by atomic mass is 32.2. The van der Waals surface area contributed by atoms with Crippen LogP contribution in [0.3, 0.4) is 0 Å². The summed E-state index contributed by atoms with van der Waals surface area (Å²) in [6.07, 6.45) is 1.30. The second-order valence-corrected chi connectivity index (χ2v) is 7.15. The monoisotopic (exact) mass is 292 g/mol. The predicted molar refractivity (Wildman–Crippen MR) is 90.4 cm³/mol. The van der Waals surface area contributed by atoms with Crippen LogP contribution in [-0.2, 0) is 0 Å². The maximum Gasteiger partial charge on any atom is 0.0450 e. The second kappa shape index (κ2) is 8.06. The standard InChI is InChI=1S/C17H28N2S/c1-4-20-11-10-14(2)19-13-17(18-12-15(19)3)16-8-6-5-7-9-16/h5-9,14-15,17-18H,4,10-13H2,1-3H3. The molecule has 1 aliphatic heterocycles. The summed E-state index contributed by atoms with van der Waals surface area (Å²) in [6, 6.07) is 12.6. The molecule has 0 spiro atoms. The van der Waals surface area contributed by atoms with E-state index in [-0.39, 0.29) is 0 Å². The molecule has 0 saturated carbocycles. The Morgan fingerprint density at radius 3 is 2.80 bits per heavy atom. The zero-order valence-corrected chi connectivity index (χ0v) is 13.8. The first-order valence-corrected chi connectivity index (χ1v) is 8.99. The highest BCUT2D eigenvalue weighted by molar-refractivity contribution is 7.99. The van der Waals surface area contributed by atoms with E-state index < -0.39 is 0 Å². The number of hydrogen-bond acceptors (Lipinski definition) is 3. The lowest BCUT2D eigenvalue weighted by Crippen LogP contribution is -2.54. The largest absolute Gasteiger partial charge is 0.307 e. The van der Waals surface area contributed by atoms with Gasteiger partial charge in [0.2, 0.25) is 0 Å². The summed E-state index contributed by atoms with van der Waals surface area (Å²) in [5.74, 6) is 2.51. The van der Waals surface area contributed by atoms with E-state index in [1.807, 2.05) is 0 Å². The van der Waals surface area contributed by atoms with Crippen LogP contribution in [0.1, 0.15) is 38.8 Å². The molecule has 1 saturated heterocycles. The van der Waals surface area contributed by atoms with Crippen LogP contribution < -0.4 is 5.32 Å². The van der Waals surface area contributed by atoms with Crippen LogP contribution in [0.15, 0.2) is 30.3 Å². The van der Waals surface area contributed by atoms with Crippen molar-refractivity contribution in [1.29, 1.82) is 0 Å². The topological polar surface area (TPSA) is 15.3 Å². The van der Waals surface area contributed by atoms with E-state index in [1.54, 1.807) is 0 Å². The Labute approximate surface area is 128 Å². The Balaban J connectivity index is 1.94. The quantitative estimate of drug-likeness (QED) is 0.807. The van der Waals surface area contributed by atoms with Crippen molar-refractivity contribution < 1.29 is 0 Å². The zero-order valence-electron chi connectivity index (χ0n) is 13.0. The fourth-order valence-corrected chi connectivity index (χ4v) is 3.77. The summed E-state index contributed by atoms with van der Waals surface area (Å²) < 4.78 is 0. The molecule has 1 heterocycles. The normalized spacial score (nSPS) is 25.6. The zero-order chi connectivity index (χ0) is 14.4. The highest BCUT2D eigenvalue weighted by Crippen LogP contribution is 2.23. The Bertz CT molecular complexity index is 382. The molecule has 1 aliphatic rings. The van der Waals surface area contributed by atoms with Gasteiger partial charge in [-0.15, -0.1) is 0 Å². The van der Waals surface area contributed by atoms with E-state index in [4.69, 9.17) is 0 Å². The number of benzene rings is 1. The molecule has 0 aromatic heterocycles. The molecule has 3 unspecified atom stereocenters. The van der Waals surface area contributed by atoms with Gasteiger partial charge < -0.3 is 5.32 Å². The summed E-state index contributed by atoms with van der Waals surface area (Å²) in [5.41, 5.74) is 1.42. The third-order valence-electron chi connectivity index (χ3n) is 4.27. The summed E-state index contributed by atoms with van der Waals surface area (Å²) >= 11 is 2.06. The van der Waals surface area contributed by atoms with Crippen LogP contribution in [0.5, 0.6) is 0 Å². The third-order valence-corrected chi connectivity index (χ3v) is 5.20. The predicted octanol–water partition coefficient (Wildman–Crippen LogP) is 3.55. The first kappa shape index (κ1) is 15.9. The van der Waals surface area contributed by atoms with Crippen molar-refractivity contribution in [3.8, 4) is 0 Å². The van der Waals surface area contributed by atoms with Gasteiger partial charge in [-0.05, 0) is 37.3 Å². The molecule has 0 amide bonds. The molecule has 0 aliphatic carbocycles. The van der Waals surface area contributed by atoms with E-state index in [0.29, 0.717) is 18.1 Å². The van der Waals surface area contributed by atoms with E-state index in [1.165, 1.54) is 23.5 Å². The molecule has 3 atom stereocenters. The molecule has 3 heteroatoms. The molecular formula is C17H28N2S. The minimum Gasteiger partial charge on any atom is -0.307 e. The Morgan fingerprint density at radius 2 is 2.10 bits per heavy atom. The smallest absolute Gasteiger partial charge is 0.0450 e. The number of piperazine rings is 1. The molecule has 1 N–H and O–H groups in total. The lowest BCUT2D eigenvalue weighted by Gasteiger charge is -2.42. The van der Waals surface area contributed by atoms with Crippen LogP contribution in [0.2, 0.25) is 0 Å². The fourth-order valence-electron chi connectivity index (χ4n) is 2.97. The van der Waals surface area contributed by atoms with Crippen molar-refractivity contribution in [2.45, 2.75) is 45.3 Å². The van der Waals surface area contributed by atoms with E-state index in [2.05, 4.69) is 73.1 Å². The number of thioether (sulfide) groups is 1. The highest BCUT2D eigenvalue weighted by Gasteiger charge is 2.28. The van der Waals surface area contributed by atoms with Crippen molar-refractivity contribution >= 4 is 11.8 Å². The van der Waals surface area contributed by atoms with Gasteiger partial charge in [0.25, 0.3) is 0 Å². The van der Waals surface area contributed by atoms with Crippen molar-refractivity contribution in [1.82, 2.24) is 10.2 Å². The molecule has 1 aromatic carbocycles. The second-order valence-electron chi connectivity index (χ2n) is 5.75. The van der Waals surface area contributed by atoms with E-state index in [0.717, 1.165) is 13.1 Å².